The lowest BCUT2D eigenvalue weighted by Gasteiger charge is -2.17. The predicted molar refractivity (Wildman–Crippen MR) is 71.2 cm³/mol. The number of hydrogen-bond acceptors (Lipinski definition) is 5. The Bertz CT molecular complexity index is 480. The van der Waals surface area contributed by atoms with Crippen LogP contribution in [-0.4, -0.2) is 36.5 Å². The molecule has 0 aliphatic carbocycles. The summed E-state index contributed by atoms with van der Waals surface area (Å²) in [5, 5.41) is 18.6. The number of hydrogen-bond donors (Lipinski definition) is 1. The zero-order chi connectivity index (χ0) is 14.3. The van der Waals surface area contributed by atoms with E-state index >= 15 is 0 Å². The molecule has 0 unspecified atom stereocenters. The van der Waals surface area contributed by atoms with E-state index in [0.29, 0.717) is 43.0 Å². The Morgan fingerprint density at radius 3 is 2.84 bits per heavy atom. The summed E-state index contributed by atoms with van der Waals surface area (Å²) in [6.07, 6.45) is 1.14. The Balaban J connectivity index is 2.95. The smallest absolute Gasteiger partial charge is 0.162 e. The van der Waals surface area contributed by atoms with Gasteiger partial charge >= 0.3 is 0 Å². The molecule has 1 N–H and O–H groups in total. The third-order valence-corrected chi connectivity index (χ3v) is 2.66. The van der Waals surface area contributed by atoms with Gasteiger partial charge in [0, 0.05) is 30.6 Å². The number of aldehydes is 1. The van der Waals surface area contributed by atoms with Crippen LogP contribution in [0.15, 0.2) is 12.1 Å². The molecule has 0 aliphatic rings. The van der Waals surface area contributed by atoms with E-state index in [0.717, 1.165) is 6.29 Å². The van der Waals surface area contributed by atoms with Crippen molar-refractivity contribution in [1.29, 1.82) is 5.26 Å². The van der Waals surface area contributed by atoms with Crippen LogP contribution >= 0.6 is 0 Å². The highest BCUT2D eigenvalue weighted by Crippen LogP contribution is 2.32. The monoisotopic (exact) mass is 262 g/mol. The molecule has 5 nitrogen and oxygen atoms in total. The van der Waals surface area contributed by atoms with Gasteiger partial charge in [0.05, 0.1) is 12.7 Å². The van der Waals surface area contributed by atoms with E-state index in [1.165, 1.54) is 6.07 Å². The summed E-state index contributed by atoms with van der Waals surface area (Å²) in [7, 11) is 1.85. The Labute approximate surface area is 113 Å². The van der Waals surface area contributed by atoms with Gasteiger partial charge in [0.25, 0.3) is 0 Å². The number of rotatable bonds is 7. The van der Waals surface area contributed by atoms with Gasteiger partial charge in [0.1, 0.15) is 6.29 Å². The van der Waals surface area contributed by atoms with Gasteiger partial charge in [-0.3, -0.25) is 4.79 Å². The van der Waals surface area contributed by atoms with Crippen LogP contribution in [0, 0.1) is 11.3 Å². The van der Waals surface area contributed by atoms with Crippen molar-refractivity contribution >= 4 is 6.29 Å². The van der Waals surface area contributed by atoms with Crippen molar-refractivity contribution < 1.29 is 14.6 Å². The molecule has 0 radical (unpaired) electrons. The third-order valence-electron chi connectivity index (χ3n) is 2.66. The summed E-state index contributed by atoms with van der Waals surface area (Å²) < 4.78 is 5.30. The highest BCUT2D eigenvalue weighted by atomic mass is 16.5. The summed E-state index contributed by atoms with van der Waals surface area (Å²) in [5.41, 5.74) is 1.08. The second-order valence-electron chi connectivity index (χ2n) is 4.22. The molecule has 19 heavy (non-hydrogen) atoms. The number of aromatic hydroxyl groups is 1. The molecule has 0 amide bonds. The van der Waals surface area contributed by atoms with E-state index in [-0.39, 0.29) is 5.75 Å². The van der Waals surface area contributed by atoms with E-state index in [4.69, 9.17) is 10.00 Å². The average Bonchev–Trinajstić information content (AvgIpc) is 2.41. The molecule has 0 saturated heterocycles. The lowest BCUT2D eigenvalue weighted by Crippen LogP contribution is -2.19. The zero-order valence-electron chi connectivity index (χ0n) is 11.2. The number of phenols is 1. The average molecular weight is 262 g/mol. The van der Waals surface area contributed by atoms with Crippen LogP contribution in [0.5, 0.6) is 11.5 Å². The zero-order valence-corrected chi connectivity index (χ0v) is 11.2. The van der Waals surface area contributed by atoms with Gasteiger partial charge in [0.2, 0.25) is 0 Å². The normalized spacial score (nSPS) is 10.2. The number of phenolic OH excluding ortho intramolecular Hbond substituents is 1. The maximum absolute atomic E-state index is 10.9. The first-order valence-electron chi connectivity index (χ1n) is 6.11. The molecule has 0 spiro atoms. The van der Waals surface area contributed by atoms with Crippen molar-refractivity contribution in [3.05, 3.63) is 23.3 Å². The van der Waals surface area contributed by atoms with Gasteiger partial charge in [-0.15, -0.1) is 0 Å². The van der Waals surface area contributed by atoms with E-state index in [2.05, 4.69) is 6.07 Å². The first kappa shape index (κ1) is 15.0. The highest BCUT2D eigenvalue weighted by Gasteiger charge is 2.12. The molecule has 0 aromatic heterocycles. The molecular formula is C14H18N2O3. The van der Waals surface area contributed by atoms with Gasteiger partial charge < -0.3 is 14.7 Å². The molecule has 0 bridgehead atoms. The number of nitriles is 1. The summed E-state index contributed by atoms with van der Waals surface area (Å²) in [6.45, 7) is 3.28. The van der Waals surface area contributed by atoms with Crippen molar-refractivity contribution in [2.75, 3.05) is 20.2 Å². The largest absolute Gasteiger partial charge is 0.504 e. The van der Waals surface area contributed by atoms with E-state index < -0.39 is 0 Å². The minimum Gasteiger partial charge on any atom is -0.504 e. The van der Waals surface area contributed by atoms with E-state index in [1.807, 2.05) is 18.9 Å². The SMILES string of the molecule is CCOc1cc(C=O)cc(CN(C)CCC#N)c1O. The van der Waals surface area contributed by atoms with Crippen molar-refractivity contribution in [3.63, 3.8) is 0 Å². The topological polar surface area (TPSA) is 73.6 Å². The summed E-state index contributed by atoms with van der Waals surface area (Å²) in [5.74, 6) is 0.368. The minimum absolute atomic E-state index is 0.0521. The van der Waals surface area contributed by atoms with Crippen molar-refractivity contribution in [1.82, 2.24) is 4.90 Å². The third kappa shape index (κ3) is 4.27. The van der Waals surface area contributed by atoms with Crippen LogP contribution in [0.3, 0.4) is 0 Å². The fourth-order valence-corrected chi connectivity index (χ4v) is 1.75. The van der Waals surface area contributed by atoms with Gasteiger partial charge in [-0.1, -0.05) is 0 Å². The first-order valence-corrected chi connectivity index (χ1v) is 6.11. The van der Waals surface area contributed by atoms with Gasteiger partial charge in [-0.25, -0.2) is 0 Å². The van der Waals surface area contributed by atoms with Gasteiger partial charge in [0.15, 0.2) is 11.5 Å². The van der Waals surface area contributed by atoms with Crippen LogP contribution < -0.4 is 4.74 Å². The Morgan fingerprint density at radius 1 is 1.53 bits per heavy atom. The number of carbonyl (C=O) groups excluding carboxylic acids is 1. The Kier molecular flexibility index (Phi) is 5.83. The fraction of sp³-hybridized carbons (Fsp3) is 0.429. The predicted octanol–water partition coefficient (Wildman–Crippen LogP) is 1.95. The maximum atomic E-state index is 10.9. The van der Waals surface area contributed by atoms with Crippen LogP contribution in [0.1, 0.15) is 29.3 Å². The molecule has 0 saturated carbocycles. The molecule has 102 valence electrons. The molecule has 0 atom stereocenters. The summed E-state index contributed by atoms with van der Waals surface area (Å²) in [6, 6.07) is 5.22. The molecule has 0 fully saturated rings. The van der Waals surface area contributed by atoms with Gasteiger partial charge in [-0.05, 0) is 26.1 Å². The first-order chi connectivity index (χ1) is 9.12. The van der Waals surface area contributed by atoms with Crippen molar-refractivity contribution in [3.8, 4) is 17.6 Å². The standard InChI is InChI=1S/C14H18N2O3/c1-3-19-13-8-11(10-17)7-12(14(13)18)9-16(2)6-4-5-15/h7-8,10,18H,3-4,6,9H2,1-2H3. The van der Waals surface area contributed by atoms with Crippen LogP contribution in [0.2, 0.25) is 0 Å². The van der Waals surface area contributed by atoms with Crippen LogP contribution in [-0.2, 0) is 6.54 Å². The molecule has 0 heterocycles. The minimum atomic E-state index is 0.0521. The lowest BCUT2D eigenvalue weighted by molar-refractivity contribution is 0.112. The quantitative estimate of drug-likeness (QED) is 0.760. The van der Waals surface area contributed by atoms with Crippen molar-refractivity contribution in [2.24, 2.45) is 0 Å². The number of carbonyl (C=O) groups is 1. The Morgan fingerprint density at radius 2 is 2.26 bits per heavy atom. The van der Waals surface area contributed by atoms with Crippen LogP contribution in [0.4, 0.5) is 0 Å². The number of benzene rings is 1. The van der Waals surface area contributed by atoms with Gasteiger partial charge in [-0.2, -0.15) is 5.26 Å². The molecule has 1 rings (SSSR count). The van der Waals surface area contributed by atoms with Crippen molar-refractivity contribution in [2.45, 2.75) is 19.9 Å². The fourth-order valence-electron chi connectivity index (χ4n) is 1.75. The number of nitrogens with zero attached hydrogens (tertiary/aromatic N) is 2. The Hall–Kier alpha value is -2.06. The van der Waals surface area contributed by atoms with Crippen LogP contribution in [0.25, 0.3) is 0 Å². The number of ether oxygens (including phenoxy) is 1. The lowest BCUT2D eigenvalue weighted by atomic mass is 10.1. The second-order valence-corrected chi connectivity index (χ2v) is 4.22. The molecule has 0 aliphatic heterocycles. The summed E-state index contributed by atoms with van der Waals surface area (Å²) in [4.78, 5) is 12.8. The highest BCUT2D eigenvalue weighted by molar-refractivity contribution is 5.77. The molecule has 1 aromatic rings. The molecule has 1 aromatic carbocycles. The van der Waals surface area contributed by atoms with E-state index in [9.17, 15) is 9.90 Å². The molecular weight excluding hydrogens is 244 g/mol. The second kappa shape index (κ2) is 7.39. The maximum Gasteiger partial charge on any atom is 0.162 e. The molecule has 5 heteroatoms. The summed E-state index contributed by atoms with van der Waals surface area (Å²) >= 11 is 0. The van der Waals surface area contributed by atoms with E-state index in [1.54, 1.807) is 6.07 Å².